The molecule has 0 saturated heterocycles. The lowest BCUT2D eigenvalue weighted by Crippen LogP contribution is -2.37. The molecule has 0 spiro atoms. The number of methoxy groups -OCH3 is 1. The highest BCUT2D eigenvalue weighted by Gasteiger charge is 2.41. The Balaban J connectivity index is 2.20. The Morgan fingerprint density at radius 1 is 1.37 bits per heavy atom. The van der Waals surface area contributed by atoms with E-state index in [1.165, 1.54) is 0 Å². The maximum absolute atomic E-state index is 11.0. The summed E-state index contributed by atoms with van der Waals surface area (Å²) in [6, 6.07) is 0. The highest BCUT2D eigenvalue weighted by molar-refractivity contribution is 5.31. The molecule has 0 aromatic carbocycles. The highest BCUT2D eigenvalue weighted by atomic mass is 16.5. The Hall–Kier alpha value is -1.03. The van der Waals surface area contributed by atoms with Gasteiger partial charge in [-0.15, -0.1) is 0 Å². The molecule has 1 aliphatic rings. The molecule has 0 unspecified atom stereocenters. The van der Waals surface area contributed by atoms with Gasteiger partial charge in [0.1, 0.15) is 11.3 Å². The lowest BCUT2D eigenvalue weighted by atomic mass is 9.67. The Morgan fingerprint density at radius 3 is 2.42 bits per heavy atom. The predicted octanol–water partition coefficient (Wildman–Crippen LogP) is 2.85. The minimum Gasteiger partial charge on any atom is -0.493 e. The quantitative estimate of drug-likeness (QED) is 0.895. The second-order valence-corrected chi connectivity index (χ2v) is 6.86. The number of nitrogens with zero attached hydrogens (tertiary/aromatic N) is 2. The van der Waals surface area contributed by atoms with Gasteiger partial charge in [-0.05, 0) is 37.0 Å². The fourth-order valence-corrected chi connectivity index (χ4v) is 3.30. The maximum atomic E-state index is 11.0. The number of aryl methyl sites for hydroxylation is 1. The first-order chi connectivity index (χ1) is 8.78. The van der Waals surface area contributed by atoms with Gasteiger partial charge in [0, 0.05) is 7.05 Å². The topological polar surface area (TPSA) is 47.3 Å². The number of aromatic nitrogens is 2. The summed E-state index contributed by atoms with van der Waals surface area (Å²) in [7, 11) is 3.50. The molecule has 1 aromatic rings. The minimum absolute atomic E-state index is 0.317. The molecule has 0 amide bonds. The molecule has 108 valence electrons. The number of hydrogen-bond donors (Lipinski definition) is 1. The van der Waals surface area contributed by atoms with E-state index in [0.717, 1.165) is 31.4 Å². The first kappa shape index (κ1) is 14.4. The van der Waals surface area contributed by atoms with Crippen molar-refractivity contribution in [2.45, 2.75) is 52.1 Å². The molecule has 1 saturated carbocycles. The SMILES string of the molecule is COc1cnn(C)c1C1(O)CCC(C(C)(C)C)CC1. The smallest absolute Gasteiger partial charge is 0.162 e. The molecule has 0 bridgehead atoms. The lowest BCUT2D eigenvalue weighted by molar-refractivity contribution is -0.0372. The van der Waals surface area contributed by atoms with Gasteiger partial charge in [0.25, 0.3) is 0 Å². The molecular weight excluding hydrogens is 240 g/mol. The monoisotopic (exact) mass is 266 g/mol. The van der Waals surface area contributed by atoms with Gasteiger partial charge in [0.05, 0.1) is 13.3 Å². The van der Waals surface area contributed by atoms with Crippen LogP contribution in [0.1, 0.15) is 52.1 Å². The van der Waals surface area contributed by atoms with Gasteiger partial charge < -0.3 is 9.84 Å². The second-order valence-electron chi connectivity index (χ2n) is 6.86. The van der Waals surface area contributed by atoms with E-state index in [4.69, 9.17) is 4.74 Å². The standard InChI is InChI=1S/C15H26N2O2/c1-14(2,3)11-6-8-15(18,9-7-11)13-12(19-5)10-16-17(13)4/h10-11,18H,6-9H2,1-5H3. The van der Waals surface area contributed by atoms with E-state index in [1.807, 2.05) is 7.05 Å². The van der Waals surface area contributed by atoms with Crippen molar-refractivity contribution in [2.75, 3.05) is 7.11 Å². The third kappa shape index (κ3) is 2.64. The van der Waals surface area contributed by atoms with Crippen molar-refractivity contribution in [3.63, 3.8) is 0 Å². The molecule has 1 fully saturated rings. The normalized spacial score (nSPS) is 28.4. The first-order valence-electron chi connectivity index (χ1n) is 7.07. The Morgan fingerprint density at radius 2 is 1.95 bits per heavy atom. The average molecular weight is 266 g/mol. The second kappa shape index (κ2) is 4.82. The summed E-state index contributed by atoms with van der Waals surface area (Å²) in [5.74, 6) is 1.37. The van der Waals surface area contributed by atoms with Crippen molar-refractivity contribution in [2.24, 2.45) is 18.4 Å². The lowest BCUT2D eigenvalue weighted by Gasteiger charge is -2.41. The van der Waals surface area contributed by atoms with Crippen molar-refractivity contribution in [3.05, 3.63) is 11.9 Å². The number of ether oxygens (including phenoxy) is 1. The largest absolute Gasteiger partial charge is 0.493 e. The Labute approximate surface area is 115 Å². The van der Waals surface area contributed by atoms with Gasteiger partial charge in [-0.3, -0.25) is 4.68 Å². The van der Waals surface area contributed by atoms with E-state index in [2.05, 4.69) is 25.9 Å². The number of aliphatic hydroxyl groups is 1. The van der Waals surface area contributed by atoms with Crippen molar-refractivity contribution >= 4 is 0 Å². The Bertz CT molecular complexity index is 437. The van der Waals surface area contributed by atoms with Crippen LogP contribution in [0, 0.1) is 11.3 Å². The molecule has 1 heterocycles. The Kier molecular flexibility index (Phi) is 3.65. The van der Waals surface area contributed by atoms with Crippen molar-refractivity contribution < 1.29 is 9.84 Å². The molecule has 1 aromatic heterocycles. The molecule has 19 heavy (non-hydrogen) atoms. The van der Waals surface area contributed by atoms with Crippen LogP contribution in [-0.2, 0) is 12.6 Å². The van der Waals surface area contributed by atoms with Crippen LogP contribution in [0.5, 0.6) is 5.75 Å². The molecule has 1 aliphatic carbocycles. The summed E-state index contributed by atoms with van der Waals surface area (Å²) in [6.45, 7) is 6.85. The van der Waals surface area contributed by atoms with E-state index < -0.39 is 5.60 Å². The molecule has 0 atom stereocenters. The fraction of sp³-hybridized carbons (Fsp3) is 0.800. The van der Waals surface area contributed by atoms with Crippen LogP contribution in [-0.4, -0.2) is 22.0 Å². The van der Waals surface area contributed by atoms with Crippen molar-refractivity contribution in [3.8, 4) is 5.75 Å². The third-order valence-electron chi connectivity index (χ3n) is 4.60. The van der Waals surface area contributed by atoms with Gasteiger partial charge in [0.15, 0.2) is 5.75 Å². The zero-order valence-corrected chi connectivity index (χ0v) is 12.7. The number of hydrogen-bond acceptors (Lipinski definition) is 3. The summed E-state index contributed by atoms with van der Waals surface area (Å²) in [5, 5.41) is 15.2. The molecule has 0 aliphatic heterocycles. The van der Waals surface area contributed by atoms with E-state index in [-0.39, 0.29) is 0 Å². The van der Waals surface area contributed by atoms with E-state index in [1.54, 1.807) is 18.0 Å². The molecule has 4 heteroatoms. The molecule has 4 nitrogen and oxygen atoms in total. The van der Waals surface area contributed by atoms with Crippen LogP contribution in [0.15, 0.2) is 6.20 Å². The van der Waals surface area contributed by atoms with Gasteiger partial charge in [-0.1, -0.05) is 20.8 Å². The van der Waals surface area contributed by atoms with Crippen LogP contribution in [0.4, 0.5) is 0 Å². The minimum atomic E-state index is -0.793. The van der Waals surface area contributed by atoms with Crippen LogP contribution < -0.4 is 4.74 Å². The van der Waals surface area contributed by atoms with E-state index >= 15 is 0 Å². The van der Waals surface area contributed by atoms with Crippen LogP contribution >= 0.6 is 0 Å². The highest BCUT2D eigenvalue weighted by Crippen LogP contribution is 2.47. The average Bonchev–Trinajstić information content (AvgIpc) is 2.70. The molecule has 0 radical (unpaired) electrons. The summed E-state index contributed by atoms with van der Waals surface area (Å²) < 4.78 is 7.08. The molecule has 1 N–H and O–H groups in total. The van der Waals surface area contributed by atoms with E-state index in [9.17, 15) is 5.11 Å². The zero-order valence-electron chi connectivity index (χ0n) is 12.7. The van der Waals surface area contributed by atoms with Gasteiger partial charge >= 0.3 is 0 Å². The van der Waals surface area contributed by atoms with Gasteiger partial charge in [0.2, 0.25) is 0 Å². The number of rotatable bonds is 2. The zero-order chi connectivity index (χ0) is 14.3. The first-order valence-corrected chi connectivity index (χ1v) is 7.07. The van der Waals surface area contributed by atoms with Crippen molar-refractivity contribution in [1.82, 2.24) is 9.78 Å². The summed E-state index contributed by atoms with van der Waals surface area (Å²) in [6.07, 6.45) is 5.35. The van der Waals surface area contributed by atoms with Crippen LogP contribution in [0.2, 0.25) is 0 Å². The molecular formula is C15H26N2O2. The third-order valence-corrected chi connectivity index (χ3v) is 4.60. The summed E-state index contributed by atoms with van der Waals surface area (Å²) in [5.41, 5.74) is 0.346. The maximum Gasteiger partial charge on any atom is 0.162 e. The van der Waals surface area contributed by atoms with E-state index in [0.29, 0.717) is 17.1 Å². The van der Waals surface area contributed by atoms with Gasteiger partial charge in [-0.25, -0.2) is 0 Å². The van der Waals surface area contributed by atoms with Crippen molar-refractivity contribution in [1.29, 1.82) is 0 Å². The summed E-state index contributed by atoms with van der Waals surface area (Å²) >= 11 is 0. The fourth-order valence-electron chi connectivity index (χ4n) is 3.30. The van der Waals surface area contributed by atoms with Gasteiger partial charge in [-0.2, -0.15) is 5.10 Å². The van der Waals surface area contributed by atoms with Crippen LogP contribution in [0.25, 0.3) is 0 Å². The van der Waals surface area contributed by atoms with Crippen LogP contribution in [0.3, 0.4) is 0 Å². The summed E-state index contributed by atoms with van der Waals surface area (Å²) in [4.78, 5) is 0. The molecule has 2 rings (SSSR count). The predicted molar refractivity (Wildman–Crippen MR) is 75.1 cm³/mol.